The molecule has 5 nitrogen and oxygen atoms in total. The molecule has 0 aliphatic carbocycles. The highest BCUT2D eigenvalue weighted by atomic mass is 35.5. The molecule has 144 valence electrons. The van der Waals surface area contributed by atoms with E-state index in [-0.39, 0.29) is 11.8 Å². The highest BCUT2D eigenvalue weighted by molar-refractivity contribution is 6.30. The van der Waals surface area contributed by atoms with Gasteiger partial charge in [-0.25, -0.2) is 4.68 Å². The first kappa shape index (κ1) is 18.6. The number of fused-ring (bicyclic) bond motifs is 1. The summed E-state index contributed by atoms with van der Waals surface area (Å²) in [5.41, 5.74) is 2.89. The third-order valence-corrected chi connectivity index (χ3v) is 5.16. The third kappa shape index (κ3) is 3.76. The average molecular weight is 396 g/mol. The van der Waals surface area contributed by atoms with E-state index >= 15 is 0 Å². The molecule has 0 fully saturated rings. The standard InChI is InChI=1S/C22H22ClN3O2/c1-2-3-11-28-18-9-7-15(8-10-18)19-13-21(27)25-22-20(19)14-24-26(22)17-6-4-5-16(23)12-17/h4-10,12,14,19H,2-3,11,13H2,1H3,(H,25,27). The summed E-state index contributed by atoms with van der Waals surface area (Å²) in [5.74, 6) is 1.49. The van der Waals surface area contributed by atoms with Gasteiger partial charge in [0.15, 0.2) is 0 Å². The molecule has 2 heterocycles. The van der Waals surface area contributed by atoms with Gasteiger partial charge in [-0.05, 0) is 42.3 Å². The molecule has 1 unspecified atom stereocenters. The maximum Gasteiger partial charge on any atom is 0.226 e. The SMILES string of the molecule is CCCCOc1ccc(C2CC(=O)Nc3c2cnn3-c2cccc(Cl)c2)cc1. The van der Waals surface area contributed by atoms with Gasteiger partial charge >= 0.3 is 0 Å². The molecule has 6 heteroatoms. The van der Waals surface area contributed by atoms with Gasteiger partial charge in [-0.2, -0.15) is 5.10 Å². The zero-order chi connectivity index (χ0) is 19.5. The molecule has 3 aromatic rings. The number of nitrogens with zero attached hydrogens (tertiary/aromatic N) is 2. The Labute approximate surface area is 169 Å². The lowest BCUT2D eigenvalue weighted by atomic mass is 9.87. The number of carbonyl (C=O) groups excluding carboxylic acids is 1. The molecule has 0 saturated carbocycles. The van der Waals surface area contributed by atoms with Crippen molar-refractivity contribution < 1.29 is 9.53 Å². The summed E-state index contributed by atoms with van der Waals surface area (Å²) in [6.07, 6.45) is 4.36. The number of unbranched alkanes of at least 4 members (excludes halogenated alkanes) is 1. The summed E-state index contributed by atoms with van der Waals surface area (Å²) in [7, 11) is 0. The van der Waals surface area contributed by atoms with E-state index < -0.39 is 0 Å². The molecule has 1 aliphatic rings. The second-order valence-electron chi connectivity index (χ2n) is 6.92. The van der Waals surface area contributed by atoms with Crippen molar-refractivity contribution in [1.29, 1.82) is 0 Å². The Morgan fingerprint density at radius 3 is 2.82 bits per heavy atom. The van der Waals surface area contributed by atoms with Gasteiger partial charge in [-0.3, -0.25) is 4.79 Å². The minimum absolute atomic E-state index is 0.0236. The molecule has 0 saturated heterocycles. The van der Waals surface area contributed by atoms with Gasteiger partial charge in [-0.15, -0.1) is 0 Å². The van der Waals surface area contributed by atoms with Gasteiger partial charge < -0.3 is 10.1 Å². The molecule has 1 N–H and O–H groups in total. The van der Waals surface area contributed by atoms with E-state index in [0.29, 0.717) is 17.3 Å². The average Bonchev–Trinajstić information content (AvgIpc) is 3.12. The highest BCUT2D eigenvalue weighted by Gasteiger charge is 2.30. The molecule has 28 heavy (non-hydrogen) atoms. The Morgan fingerprint density at radius 2 is 2.07 bits per heavy atom. The summed E-state index contributed by atoms with van der Waals surface area (Å²) in [6, 6.07) is 15.4. The molecule has 1 amide bonds. The zero-order valence-electron chi connectivity index (χ0n) is 15.7. The highest BCUT2D eigenvalue weighted by Crippen LogP contribution is 2.38. The van der Waals surface area contributed by atoms with Gasteiger partial charge in [0.2, 0.25) is 5.91 Å². The molecule has 0 bridgehead atoms. The van der Waals surface area contributed by atoms with Crippen LogP contribution in [0.1, 0.15) is 43.2 Å². The molecule has 4 rings (SSSR count). The van der Waals surface area contributed by atoms with E-state index in [0.717, 1.165) is 42.0 Å². The number of hydrogen-bond donors (Lipinski definition) is 1. The Hall–Kier alpha value is -2.79. The van der Waals surface area contributed by atoms with Gasteiger partial charge in [-0.1, -0.05) is 43.1 Å². The minimum Gasteiger partial charge on any atom is -0.494 e. The first-order valence-corrected chi connectivity index (χ1v) is 9.90. The van der Waals surface area contributed by atoms with Gasteiger partial charge in [0.1, 0.15) is 11.6 Å². The molecular formula is C22H22ClN3O2. The van der Waals surface area contributed by atoms with Crippen LogP contribution in [0.5, 0.6) is 5.75 Å². The zero-order valence-corrected chi connectivity index (χ0v) is 16.4. The van der Waals surface area contributed by atoms with E-state index in [1.54, 1.807) is 4.68 Å². The molecular weight excluding hydrogens is 374 g/mol. The number of rotatable bonds is 6. The topological polar surface area (TPSA) is 56.1 Å². The van der Waals surface area contributed by atoms with E-state index in [2.05, 4.69) is 17.3 Å². The number of ether oxygens (including phenoxy) is 1. The number of hydrogen-bond acceptors (Lipinski definition) is 3. The van der Waals surface area contributed by atoms with Crippen LogP contribution in [-0.4, -0.2) is 22.3 Å². The van der Waals surface area contributed by atoms with Gasteiger partial charge in [0.05, 0.1) is 18.5 Å². The van der Waals surface area contributed by atoms with Crippen LogP contribution >= 0.6 is 11.6 Å². The summed E-state index contributed by atoms with van der Waals surface area (Å²) < 4.78 is 7.47. The van der Waals surface area contributed by atoms with Crippen LogP contribution in [0.3, 0.4) is 0 Å². The van der Waals surface area contributed by atoms with Crippen LogP contribution in [0.2, 0.25) is 5.02 Å². The number of benzene rings is 2. The smallest absolute Gasteiger partial charge is 0.226 e. The summed E-state index contributed by atoms with van der Waals surface area (Å²) in [5, 5.41) is 8.10. The molecule has 1 atom stereocenters. The number of nitrogens with one attached hydrogen (secondary N) is 1. The fourth-order valence-corrected chi connectivity index (χ4v) is 3.64. The van der Waals surface area contributed by atoms with E-state index in [1.807, 2.05) is 54.7 Å². The van der Waals surface area contributed by atoms with E-state index in [9.17, 15) is 4.79 Å². The summed E-state index contributed by atoms with van der Waals surface area (Å²) >= 11 is 6.12. The maximum atomic E-state index is 12.4. The van der Waals surface area contributed by atoms with Crippen molar-refractivity contribution in [2.75, 3.05) is 11.9 Å². The monoisotopic (exact) mass is 395 g/mol. The van der Waals surface area contributed by atoms with Crippen molar-refractivity contribution in [3.8, 4) is 11.4 Å². The number of halogens is 1. The predicted octanol–water partition coefficient (Wildman–Crippen LogP) is 5.18. The summed E-state index contributed by atoms with van der Waals surface area (Å²) in [6.45, 7) is 2.86. The van der Waals surface area contributed by atoms with E-state index in [1.165, 1.54) is 0 Å². The number of amides is 1. The quantitative estimate of drug-likeness (QED) is 0.585. The lowest BCUT2D eigenvalue weighted by molar-refractivity contribution is -0.116. The Bertz CT molecular complexity index is 982. The Balaban J connectivity index is 1.63. The van der Waals surface area contributed by atoms with Crippen molar-refractivity contribution in [2.24, 2.45) is 0 Å². The van der Waals surface area contributed by atoms with Crippen LogP contribution in [0.4, 0.5) is 5.82 Å². The number of anilines is 1. The predicted molar refractivity (Wildman–Crippen MR) is 111 cm³/mol. The second-order valence-corrected chi connectivity index (χ2v) is 7.35. The van der Waals surface area contributed by atoms with Gasteiger partial charge in [0.25, 0.3) is 0 Å². The van der Waals surface area contributed by atoms with Crippen molar-refractivity contribution >= 4 is 23.3 Å². The maximum absolute atomic E-state index is 12.4. The first-order valence-electron chi connectivity index (χ1n) is 9.52. The lowest BCUT2D eigenvalue weighted by Gasteiger charge is -2.24. The van der Waals surface area contributed by atoms with Crippen LogP contribution < -0.4 is 10.1 Å². The molecule has 1 aliphatic heterocycles. The molecule has 1 aromatic heterocycles. The van der Waals surface area contributed by atoms with Crippen molar-refractivity contribution in [1.82, 2.24) is 9.78 Å². The normalized spacial score (nSPS) is 15.8. The lowest BCUT2D eigenvalue weighted by Crippen LogP contribution is -2.24. The van der Waals surface area contributed by atoms with Crippen LogP contribution in [-0.2, 0) is 4.79 Å². The minimum atomic E-state index is -0.0404. The van der Waals surface area contributed by atoms with Crippen molar-refractivity contribution in [3.05, 3.63) is 70.9 Å². The van der Waals surface area contributed by atoms with Crippen LogP contribution in [0, 0.1) is 0 Å². The van der Waals surface area contributed by atoms with E-state index in [4.69, 9.17) is 16.3 Å². The fraction of sp³-hybridized carbons (Fsp3) is 0.273. The second kappa shape index (κ2) is 8.07. The third-order valence-electron chi connectivity index (χ3n) is 4.92. The van der Waals surface area contributed by atoms with Crippen molar-refractivity contribution in [2.45, 2.75) is 32.1 Å². The van der Waals surface area contributed by atoms with Crippen molar-refractivity contribution in [3.63, 3.8) is 0 Å². The molecule has 0 radical (unpaired) electrons. The van der Waals surface area contributed by atoms with Gasteiger partial charge in [0, 0.05) is 22.9 Å². The largest absolute Gasteiger partial charge is 0.494 e. The van der Waals surface area contributed by atoms with Crippen LogP contribution in [0.15, 0.2) is 54.7 Å². The number of carbonyl (C=O) groups is 1. The first-order chi connectivity index (χ1) is 13.7. The Morgan fingerprint density at radius 1 is 1.25 bits per heavy atom. The Kier molecular flexibility index (Phi) is 5.35. The number of aromatic nitrogens is 2. The molecule has 2 aromatic carbocycles. The molecule has 0 spiro atoms. The summed E-state index contributed by atoms with van der Waals surface area (Å²) in [4.78, 5) is 12.4. The van der Waals surface area contributed by atoms with Crippen LogP contribution in [0.25, 0.3) is 5.69 Å². The fourth-order valence-electron chi connectivity index (χ4n) is 3.45.